The second kappa shape index (κ2) is 6.26. The van der Waals surface area contributed by atoms with Crippen molar-refractivity contribution in [1.82, 2.24) is 0 Å². The molecule has 0 saturated carbocycles. The van der Waals surface area contributed by atoms with E-state index >= 15 is 0 Å². The Morgan fingerprint density at radius 2 is 1.89 bits per heavy atom. The second-order valence-electron chi connectivity index (χ2n) is 4.89. The Balaban J connectivity index is 2.03. The van der Waals surface area contributed by atoms with Gasteiger partial charge in [-0.15, -0.1) is 11.6 Å². The van der Waals surface area contributed by atoms with Crippen LogP contribution >= 0.6 is 11.6 Å². The highest BCUT2D eigenvalue weighted by atomic mass is 35.5. The summed E-state index contributed by atoms with van der Waals surface area (Å²) in [6.45, 7) is 5.94. The summed E-state index contributed by atoms with van der Waals surface area (Å²) in [7, 11) is 0. The predicted molar refractivity (Wildman–Crippen MR) is 78.0 cm³/mol. The van der Waals surface area contributed by atoms with Gasteiger partial charge in [-0.05, 0) is 38.1 Å². The van der Waals surface area contributed by atoms with Crippen LogP contribution in [0, 0.1) is 0 Å². The van der Waals surface area contributed by atoms with Crippen LogP contribution in [-0.4, -0.2) is 37.1 Å². The van der Waals surface area contributed by atoms with Crippen molar-refractivity contribution in [2.24, 2.45) is 0 Å². The number of ether oxygens (including phenoxy) is 1. The minimum atomic E-state index is -0.192. The number of nitrogens with one attached hydrogen (secondary N) is 1. The average Bonchev–Trinajstić information content (AvgIpc) is 2.38. The molecule has 1 aromatic carbocycles. The Hall–Kier alpha value is -1.26. The number of alkyl halides is 1. The molecule has 0 radical (unpaired) electrons. The maximum Gasteiger partial charge on any atom is 0.239 e. The lowest BCUT2D eigenvalue weighted by Gasteiger charge is -2.36. The number of nitrogens with zero attached hydrogens (tertiary/aromatic N) is 1. The highest BCUT2D eigenvalue weighted by Gasteiger charge is 2.22. The summed E-state index contributed by atoms with van der Waals surface area (Å²) < 4.78 is 5.72. The molecule has 0 aromatic heterocycles. The van der Waals surface area contributed by atoms with Crippen molar-refractivity contribution in [3.05, 3.63) is 24.3 Å². The van der Waals surface area contributed by atoms with E-state index in [0.717, 1.165) is 24.5 Å². The zero-order valence-electron chi connectivity index (χ0n) is 11.2. The molecule has 1 aliphatic rings. The lowest BCUT2D eigenvalue weighted by molar-refractivity contribution is -0.113. The Morgan fingerprint density at radius 1 is 1.32 bits per heavy atom. The van der Waals surface area contributed by atoms with E-state index in [2.05, 4.69) is 24.1 Å². The number of benzene rings is 1. The number of rotatable bonds is 3. The van der Waals surface area contributed by atoms with Crippen LogP contribution in [0.1, 0.15) is 13.8 Å². The normalized spacial score (nSPS) is 23.2. The van der Waals surface area contributed by atoms with Gasteiger partial charge in [-0.2, -0.15) is 0 Å². The number of amides is 1. The Labute approximate surface area is 118 Å². The lowest BCUT2D eigenvalue weighted by Crippen LogP contribution is -2.45. The third-order valence-electron chi connectivity index (χ3n) is 3.06. The Bertz CT molecular complexity index is 426. The van der Waals surface area contributed by atoms with Gasteiger partial charge in [0.25, 0.3) is 0 Å². The number of carbonyl (C=O) groups is 1. The number of hydrogen-bond acceptors (Lipinski definition) is 3. The molecular formula is C14H19ClN2O2. The molecular weight excluding hydrogens is 264 g/mol. The number of anilines is 2. The van der Waals surface area contributed by atoms with E-state index in [1.54, 1.807) is 0 Å². The molecule has 1 saturated heterocycles. The lowest BCUT2D eigenvalue weighted by atomic mass is 10.2. The second-order valence-corrected chi connectivity index (χ2v) is 5.16. The summed E-state index contributed by atoms with van der Waals surface area (Å²) in [6.07, 6.45) is 0.471. The molecule has 0 unspecified atom stereocenters. The number of hydrogen-bond donors (Lipinski definition) is 1. The fourth-order valence-corrected chi connectivity index (χ4v) is 2.41. The van der Waals surface area contributed by atoms with Gasteiger partial charge in [-0.3, -0.25) is 4.79 Å². The first-order chi connectivity index (χ1) is 9.08. The first-order valence-corrected chi connectivity index (χ1v) is 6.98. The standard InChI is InChI=1S/C14H19ClN2O2/c1-10-8-17(9-11(2)19-10)13-5-3-12(4-6-13)16-14(18)7-15/h3-6,10-11H,7-9H2,1-2H3,(H,16,18)/t10-,11-/m1/s1. The van der Waals surface area contributed by atoms with Crippen LogP contribution in [-0.2, 0) is 9.53 Å². The molecule has 5 heteroatoms. The monoisotopic (exact) mass is 282 g/mol. The smallest absolute Gasteiger partial charge is 0.239 e. The topological polar surface area (TPSA) is 41.6 Å². The van der Waals surface area contributed by atoms with Gasteiger partial charge < -0.3 is 15.0 Å². The van der Waals surface area contributed by atoms with E-state index in [0.29, 0.717) is 0 Å². The largest absolute Gasteiger partial charge is 0.372 e. The zero-order valence-corrected chi connectivity index (χ0v) is 12.0. The van der Waals surface area contributed by atoms with Gasteiger partial charge in [0.1, 0.15) is 5.88 Å². The molecule has 1 aliphatic heterocycles. The summed E-state index contributed by atoms with van der Waals surface area (Å²) in [5.74, 6) is -0.219. The van der Waals surface area contributed by atoms with Gasteiger partial charge >= 0.3 is 0 Å². The molecule has 2 rings (SSSR count). The number of halogens is 1. The van der Waals surface area contributed by atoms with Crippen LogP contribution in [0.2, 0.25) is 0 Å². The van der Waals surface area contributed by atoms with E-state index in [-0.39, 0.29) is 24.0 Å². The summed E-state index contributed by atoms with van der Waals surface area (Å²) in [4.78, 5) is 13.5. The van der Waals surface area contributed by atoms with Crippen LogP contribution in [0.3, 0.4) is 0 Å². The van der Waals surface area contributed by atoms with Crippen molar-refractivity contribution >= 4 is 28.9 Å². The van der Waals surface area contributed by atoms with E-state index < -0.39 is 0 Å². The summed E-state index contributed by atoms with van der Waals surface area (Å²) >= 11 is 5.45. The first-order valence-electron chi connectivity index (χ1n) is 6.44. The van der Waals surface area contributed by atoms with Crippen molar-refractivity contribution in [1.29, 1.82) is 0 Å². The highest BCUT2D eigenvalue weighted by Crippen LogP contribution is 2.22. The highest BCUT2D eigenvalue weighted by molar-refractivity contribution is 6.29. The average molecular weight is 283 g/mol. The van der Waals surface area contributed by atoms with Crippen LogP contribution < -0.4 is 10.2 Å². The SMILES string of the molecule is C[C@@H]1CN(c2ccc(NC(=O)CCl)cc2)C[C@@H](C)O1. The molecule has 0 bridgehead atoms. The van der Waals surface area contributed by atoms with Crippen LogP contribution in [0.15, 0.2) is 24.3 Å². The van der Waals surface area contributed by atoms with Crippen molar-refractivity contribution in [2.45, 2.75) is 26.1 Å². The zero-order chi connectivity index (χ0) is 13.8. The number of carbonyl (C=O) groups excluding carboxylic acids is 1. The van der Waals surface area contributed by atoms with E-state index in [1.165, 1.54) is 0 Å². The van der Waals surface area contributed by atoms with E-state index in [1.807, 2.05) is 24.3 Å². The molecule has 19 heavy (non-hydrogen) atoms. The fraction of sp³-hybridized carbons (Fsp3) is 0.500. The van der Waals surface area contributed by atoms with Gasteiger partial charge in [-0.1, -0.05) is 0 Å². The summed E-state index contributed by atoms with van der Waals surface area (Å²) in [5, 5.41) is 2.73. The van der Waals surface area contributed by atoms with Gasteiger partial charge in [-0.25, -0.2) is 0 Å². The first kappa shape index (κ1) is 14.2. The molecule has 0 spiro atoms. The van der Waals surface area contributed by atoms with Crippen molar-refractivity contribution in [3.63, 3.8) is 0 Å². The van der Waals surface area contributed by atoms with E-state index in [4.69, 9.17) is 16.3 Å². The minimum absolute atomic E-state index is 0.0275. The van der Waals surface area contributed by atoms with Gasteiger partial charge in [0.15, 0.2) is 0 Å². The molecule has 1 N–H and O–H groups in total. The fourth-order valence-electron chi connectivity index (χ4n) is 2.34. The quantitative estimate of drug-likeness (QED) is 0.866. The number of morpholine rings is 1. The maximum absolute atomic E-state index is 11.2. The molecule has 4 nitrogen and oxygen atoms in total. The van der Waals surface area contributed by atoms with Crippen molar-refractivity contribution in [2.75, 3.05) is 29.2 Å². The van der Waals surface area contributed by atoms with Crippen LogP contribution in [0.25, 0.3) is 0 Å². The third-order valence-corrected chi connectivity index (χ3v) is 3.30. The molecule has 1 amide bonds. The maximum atomic E-state index is 11.2. The van der Waals surface area contributed by atoms with Crippen LogP contribution in [0.4, 0.5) is 11.4 Å². The minimum Gasteiger partial charge on any atom is -0.372 e. The molecule has 0 aliphatic carbocycles. The van der Waals surface area contributed by atoms with Gasteiger partial charge in [0.2, 0.25) is 5.91 Å². The third kappa shape index (κ3) is 3.85. The van der Waals surface area contributed by atoms with Gasteiger partial charge in [0, 0.05) is 24.5 Å². The Kier molecular flexibility index (Phi) is 4.66. The molecule has 104 valence electrons. The van der Waals surface area contributed by atoms with Crippen LogP contribution in [0.5, 0.6) is 0 Å². The van der Waals surface area contributed by atoms with Crippen molar-refractivity contribution in [3.8, 4) is 0 Å². The molecule has 2 atom stereocenters. The predicted octanol–water partition coefficient (Wildman–Crippen LogP) is 2.48. The Morgan fingerprint density at radius 3 is 2.42 bits per heavy atom. The molecule has 1 aromatic rings. The van der Waals surface area contributed by atoms with Crippen molar-refractivity contribution < 1.29 is 9.53 Å². The van der Waals surface area contributed by atoms with E-state index in [9.17, 15) is 4.79 Å². The van der Waals surface area contributed by atoms with Gasteiger partial charge in [0.05, 0.1) is 12.2 Å². The molecule has 1 heterocycles. The molecule has 1 fully saturated rings. The summed E-state index contributed by atoms with van der Waals surface area (Å²) in [5.41, 5.74) is 1.91. The summed E-state index contributed by atoms with van der Waals surface area (Å²) in [6, 6.07) is 7.80.